The second-order valence-electron chi connectivity index (χ2n) is 7.31. The molecule has 0 unspecified atom stereocenters. The minimum Gasteiger partial charge on any atom is -0.492 e. The van der Waals surface area contributed by atoms with E-state index in [0.717, 1.165) is 63.1 Å². The number of halogens is 1. The van der Waals surface area contributed by atoms with Gasteiger partial charge in [-0.25, -0.2) is 0 Å². The summed E-state index contributed by atoms with van der Waals surface area (Å²) in [7, 11) is 1.80. The molecule has 2 aromatic carbocycles. The summed E-state index contributed by atoms with van der Waals surface area (Å²) in [5, 5.41) is 6.82. The Bertz CT molecular complexity index is 810. The number of rotatable bonds is 9. The molecular weight excluding hydrogens is 503 g/mol. The van der Waals surface area contributed by atoms with E-state index in [1.165, 1.54) is 11.1 Å². The fourth-order valence-corrected chi connectivity index (χ4v) is 3.55. The molecule has 0 spiro atoms. The Morgan fingerprint density at radius 1 is 0.968 bits per heavy atom. The van der Waals surface area contributed by atoms with E-state index < -0.39 is 0 Å². The first-order chi connectivity index (χ1) is 14.8. The third-order valence-corrected chi connectivity index (χ3v) is 5.36. The second kappa shape index (κ2) is 14.3. The minimum absolute atomic E-state index is 0. The van der Waals surface area contributed by atoms with Gasteiger partial charge in [0.1, 0.15) is 12.4 Å². The van der Waals surface area contributed by atoms with Gasteiger partial charge in [0, 0.05) is 45.3 Å². The number of nitrogens with zero attached hydrogens (tertiary/aromatic N) is 2. The highest BCUT2D eigenvalue weighted by molar-refractivity contribution is 14.0. The summed E-state index contributed by atoms with van der Waals surface area (Å²) < 4.78 is 11.5. The molecule has 0 bridgehead atoms. The van der Waals surface area contributed by atoms with Crippen molar-refractivity contribution in [3.8, 4) is 5.75 Å². The summed E-state index contributed by atoms with van der Waals surface area (Å²) in [6.45, 7) is 8.78. The van der Waals surface area contributed by atoms with Crippen LogP contribution in [0.25, 0.3) is 0 Å². The Balaban J connectivity index is 0.00000341. The molecule has 3 rings (SSSR count). The first kappa shape index (κ1) is 25.4. The molecule has 31 heavy (non-hydrogen) atoms. The molecule has 2 aromatic rings. The fourth-order valence-electron chi connectivity index (χ4n) is 3.55. The molecule has 170 valence electrons. The molecule has 6 nitrogen and oxygen atoms in total. The number of aryl methyl sites for hydroxylation is 1. The lowest BCUT2D eigenvalue weighted by molar-refractivity contribution is 0.0322. The average Bonchev–Trinajstić information content (AvgIpc) is 2.81. The van der Waals surface area contributed by atoms with Crippen LogP contribution in [-0.2, 0) is 24.2 Å². The van der Waals surface area contributed by atoms with Crippen LogP contribution in [0.2, 0.25) is 0 Å². The Morgan fingerprint density at radius 3 is 2.26 bits per heavy atom. The number of aliphatic imine (C=N–C) groups is 1. The zero-order valence-electron chi connectivity index (χ0n) is 18.6. The number of benzene rings is 2. The van der Waals surface area contributed by atoms with Crippen molar-refractivity contribution in [2.75, 3.05) is 46.5 Å². The topological polar surface area (TPSA) is 58.1 Å². The van der Waals surface area contributed by atoms with Gasteiger partial charge in [0.25, 0.3) is 0 Å². The normalized spacial score (nSPS) is 14.6. The third-order valence-electron chi connectivity index (χ3n) is 5.36. The number of hydrogen-bond donors (Lipinski definition) is 2. The minimum atomic E-state index is 0. The lowest BCUT2D eigenvalue weighted by Crippen LogP contribution is -2.38. The Labute approximate surface area is 203 Å². The quantitative estimate of drug-likeness (QED) is 0.291. The van der Waals surface area contributed by atoms with Crippen molar-refractivity contribution in [2.24, 2.45) is 4.99 Å². The molecule has 0 aliphatic carbocycles. The number of morpholine rings is 1. The van der Waals surface area contributed by atoms with Gasteiger partial charge in [-0.1, -0.05) is 49.4 Å². The molecule has 0 radical (unpaired) electrons. The van der Waals surface area contributed by atoms with Gasteiger partial charge in [0.2, 0.25) is 0 Å². The zero-order chi connectivity index (χ0) is 21.0. The maximum atomic E-state index is 6.08. The van der Waals surface area contributed by atoms with E-state index in [0.29, 0.717) is 13.2 Å². The van der Waals surface area contributed by atoms with E-state index in [-0.39, 0.29) is 24.0 Å². The number of ether oxygens (including phenoxy) is 2. The fraction of sp³-hybridized carbons (Fsp3) is 0.458. The van der Waals surface area contributed by atoms with Gasteiger partial charge < -0.3 is 20.1 Å². The SMILES string of the molecule is CCc1ccccc1CNC(=NC)NCc1ccccc1OCCN1CCOCC1.I. The summed E-state index contributed by atoms with van der Waals surface area (Å²) in [4.78, 5) is 6.74. The summed E-state index contributed by atoms with van der Waals surface area (Å²) in [6, 6.07) is 16.7. The van der Waals surface area contributed by atoms with Gasteiger partial charge in [-0.15, -0.1) is 24.0 Å². The number of nitrogens with one attached hydrogen (secondary N) is 2. The number of para-hydroxylation sites is 1. The van der Waals surface area contributed by atoms with Gasteiger partial charge in [-0.2, -0.15) is 0 Å². The van der Waals surface area contributed by atoms with Crippen LogP contribution < -0.4 is 15.4 Å². The highest BCUT2D eigenvalue weighted by atomic mass is 127. The molecule has 1 heterocycles. The van der Waals surface area contributed by atoms with Crippen LogP contribution in [0, 0.1) is 0 Å². The number of hydrogen-bond acceptors (Lipinski definition) is 4. The molecule has 1 aliphatic rings. The summed E-state index contributed by atoms with van der Waals surface area (Å²) in [5.41, 5.74) is 3.78. The van der Waals surface area contributed by atoms with Gasteiger partial charge in [0.05, 0.1) is 13.2 Å². The van der Waals surface area contributed by atoms with Crippen LogP contribution in [0.1, 0.15) is 23.6 Å². The summed E-state index contributed by atoms with van der Waals surface area (Å²) >= 11 is 0. The van der Waals surface area contributed by atoms with E-state index >= 15 is 0 Å². The molecule has 0 amide bonds. The zero-order valence-corrected chi connectivity index (χ0v) is 20.9. The van der Waals surface area contributed by atoms with Crippen LogP contribution >= 0.6 is 24.0 Å². The molecule has 1 fully saturated rings. The van der Waals surface area contributed by atoms with Gasteiger partial charge in [0.15, 0.2) is 5.96 Å². The second-order valence-corrected chi connectivity index (χ2v) is 7.31. The highest BCUT2D eigenvalue weighted by Gasteiger charge is 2.11. The lowest BCUT2D eigenvalue weighted by Gasteiger charge is -2.26. The predicted molar refractivity (Wildman–Crippen MR) is 137 cm³/mol. The highest BCUT2D eigenvalue weighted by Crippen LogP contribution is 2.18. The van der Waals surface area contributed by atoms with Crippen LogP contribution in [0.3, 0.4) is 0 Å². The molecule has 1 aliphatic heterocycles. The first-order valence-electron chi connectivity index (χ1n) is 10.8. The van der Waals surface area contributed by atoms with Crippen LogP contribution in [0.5, 0.6) is 5.75 Å². The van der Waals surface area contributed by atoms with E-state index in [2.05, 4.69) is 57.8 Å². The van der Waals surface area contributed by atoms with E-state index in [1.807, 2.05) is 18.2 Å². The maximum Gasteiger partial charge on any atom is 0.191 e. The molecule has 7 heteroatoms. The lowest BCUT2D eigenvalue weighted by atomic mass is 10.1. The molecule has 0 aromatic heterocycles. The largest absolute Gasteiger partial charge is 0.492 e. The third kappa shape index (κ3) is 8.31. The van der Waals surface area contributed by atoms with Crippen molar-refractivity contribution in [1.29, 1.82) is 0 Å². The Morgan fingerprint density at radius 2 is 1.58 bits per heavy atom. The van der Waals surface area contributed by atoms with Crippen LogP contribution in [0.4, 0.5) is 0 Å². The van der Waals surface area contributed by atoms with Gasteiger partial charge in [-0.05, 0) is 23.6 Å². The number of guanidine groups is 1. The Kier molecular flexibility index (Phi) is 11.7. The van der Waals surface area contributed by atoms with Gasteiger partial charge >= 0.3 is 0 Å². The molecule has 0 saturated carbocycles. The van der Waals surface area contributed by atoms with Gasteiger partial charge in [-0.3, -0.25) is 9.89 Å². The van der Waals surface area contributed by atoms with E-state index in [1.54, 1.807) is 7.05 Å². The van der Waals surface area contributed by atoms with Crippen LogP contribution in [-0.4, -0.2) is 57.4 Å². The monoisotopic (exact) mass is 538 g/mol. The average molecular weight is 538 g/mol. The summed E-state index contributed by atoms with van der Waals surface area (Å²) in [5.74, 6) is 1.70. The summed E-state index contributed by atoms with van der Waals surface area (Å²) in [6.07, 6.45) is 1.03. The smallest absolute Gasteiger partial charge is 0.191 e. The van der Waals surface area contributed by atoms with Crippen molar-refractivity contribution < 1.29 is 9.47 Å². The molecule has 1 saturated heterocycles. The first-order valence-corrected chi connectivity index (χ1v) is 10.8. The van der Waals surface area contributed by atoms with Crippen molar-refractivity contribution in [3.63, 3.8) is 0 Å². The van der Waals surface area contributed by atoms with Crippen molar-refractivity contribution >= 4 is 29.9 Å². The molecule has 2 N–H and O–H groups in total. The standard InChI is InChI=1S/C24H34N4O2.HI/c1-3-20-8-4-5-9-21(20)18-26-24(25-2)27-19-22-10-6-7-11-23(22)30-17-14-28-12-15-29-16-13-28;/h4-11H,3,12-19H2,1-2H3,(H2,25,26,27);1H. The maximum absolute atomic E-state index is 6.08. The molecular formula is C24H35IN4O2. The Hall–Kier alpha value is -1.84. The van der Waals surface area contributed by atoms with E-state index in [9.17, 15) is 0 Å². The van der Waals surface area contributed by atoms with E-state index in [4.69, 9.17) is 9.47 Å². The van der Waals surface area contributed by atoms with Crippen LogP contribution in [0.15, 0.2) is 53.5 Å². The van der Waals surface area contributed by atoms with Crippen molar-refractivity contribution in [3.05, 3.63) is 65.2 Å². The predicted octanol–water partition coefficient (Wildman–Crippen LogP) is 3.44. The van der Waals surface area contributed by atoms with Crippen molar-refractivity contribution in [2.45, 2.75) is 26.4 Å². The molecule has 0 atom stereocenters. The van der Waals surface area contributed by atoms with Crippen molar-refractivity contribution in [1.82, 2.24) is 15.5 Å².